The average molecular weight is 346 g/mol. The molecule has 0 aliphatic rings. The van der Waals surface area contributed by atoms with Crippen molar-refractivity contribution in [1.82, 2.24) is 5.32 Å². The lowest BCUT2D eigenvalue weighted by atomic mass is 10.0. The standard InChI is InChI=1S/C18H22N2O3S/c1-4-17(14-8-5-12(2)6-9-14)20-18(21)16-11-15(24(19,22)23)10-7-13(16)3/h5-11,17H,4H2,1-3H3,(H,20,21)(H2,19,22,23). The maximum Gasteiger partial charge on any atom is 0.252 e. The molecule has 0 fully saturated rings. The van der Waals surface area contributed by atoms with E-state index in [2.05, 4.69) is 5.32 Å². The largest absolute Gasteiger partial charge is 0.345 e. The first kappa shape index (κ1) is 18.2. The molecule has 128 valence electrons. The molecule has 0 spiro atoms. The molecular formula is C18H22N2O3S. The van der Waals surface area contributed by atoms with Gasteiger partial charge in [-0.05, 0) is 43.5 Å². The Kier molecular flexibility index (Phi) is 5.41. The maximum atomic E-state index is 12.6. The minimum atomic E-state index is -3.85. The summed E-state index contributed by atoms with van der Waals surface area (Å²) >= 11 is 0. The van der Waals surface area contributed by atoms with Crippen molar-refractivity contribution in [2.45, 2.75) is 38.1 Å². The maximum absolute atomic E-state index is 12.6. The Morgan fingerprint density at radius 1 is 1.12 bits per heavy atom. The van der Waals surface area contributed by atoms with E-state index in [9.17, 15) is 13.2 Å². The van der Waals surface area contributed by atoms with Crippen LogP contribution in [0.4, 0.5) is 0 Å². The van der Waals surface area contributed by atoms with Crippen LogP contribution in [0, 0.1) is 13.8 Å². The highest BCUT2D eigenvalue weighted by Gasteiger charge is 2.18. The molecule has 0 radical (unpaired) electrons. The number of benzene rings is 2. The van der Waals surface area contributed by atoms with E-state index in [1.54, 1.807) is 13.0 Å². The highest BCUT2D eigenvalue weighted by molar-refractivity contribution is 7.89. The number of nitrogens with one attached hydrogen (secondary N) is 1. The van der Waals surface area contributed by atoms with Crippen molar-refractivity contribution >= 4 is 15.9 Å². The van der Waals surface area contributed by atoms with Gasteiger partial charge in [0.15, 0.2) is 0 Å². The van der Waals surface area contributed by atoms with E-state index in [4.69, 9.17) is 5.14 Å². The van der Waals surface area contributed by atoms with Gasteiger partial charge in [0.05, 0.1) is 10.9 Å². The van der Waals surface area contributed by atoms with E-state index in [0.717, 1.165) is 17.5 Å². The smallest absolute Gasteiger partial charge is 0.252 e. The van der Waals surface area contributed by atoms with Crippen LogP contribution in [0.3, 0.4) is 0 Å². The first-order valence-corrected chi connectivity index (χ1v) is 9.28. The first-order valence-electron chi connectivity index (χ1n) is 7.73. The van der Waals surface area contributed by atoms with Gasteiger partial charge in [0.1, 0.15) is 0 Å². The fourth-order valence-electron chi connectivity index (χ4n) is 2.48. The van der Waals surface area contributed by atoms with Crippen LogP contribution in [-0.4, -0.2) is 14.3 Å². The summed E-state index contributed by atoms with van der Waals surface area (Å²) in [6, 6.07) is 12.1. The fourth-order valence-corrected chi connectivity index (χ4v) is 3.02. The van der Waals surface area contributed by atoms with Crippen LogP contribution in [0.15, 0.2) is 47.4 Å². The number of aryl methyl sites for hydroxylation is 2. The van der Waals surface area contributed by atoms with Gasteiger partial charge in [0.25, 0.3) is 5.91 Å². The van der Waals surface area contributed by atoms with Crippen LogP contribution in [0.5, 0.6) is 0 Å². The third-order valence-corrected chi connectivity index (χ3v) is 4.89. The molecule has 24 heavy (non-hydrogen) atoms. The summed E-state index contributed by atoms with van der Waals surface area (Å²) in [7, 11) is -3.85. The van der Waals surface area contributed by atoms with Gasteiger partial charge in [0, 0.05) is 5.56 Å². The van der Waals surface area contributed by atoms with E-state index < -0.39 is 10.0 Å². The Bertz CT molecular complexity index is 843. The minimum absolute atomic E-state index is 0.0679. The molecule has 6 heteroatoms. The highest BCUT2D eigenvalue weighted by Crippen LogP contribution is 2.20. The Labute approximate surface area is 142 Å². The molecule has 2 rings (SSSR count). The number of nitrogens with two attached hydrogens (primary N) is 1. The van der Waals surface area contributed by atoms with Crippen LogP contribution >= 0.6 is 0 Å². The van der Waals surface area contributed by atoms with E-state index >= 15 is 0 Å². The lowest BCUT2D eigenvalue weighted by Gasteiger charge is -2.18. The summed E-state index contributed by atoms with van der Waals surface area (Å²) in [5, 5.41) is 8.11. The van der Waals surface area contributed by atoms with Gasteiger partial charge in [-0.25, -0.2) is 13.6 Å². The Hall–Kier alpha value is -2.18. The normalized spacial score (nSPS) is 12.7. The minimum Gasteiger partial charge on any atom is -0.345 e. The summed E-state index contributed by atoms with van der Waals surface area (Å²) in [5.41, 5.74) is 3.17. The zero-order valence-corrected chi connectivity index (χ0v) is 14.9. The second-order valence-corrected chi connectivity index (χ2v) is 7.43. The number of rotatable bonds is 5. The van der Waals surface area contributed by atoms with Crippen LogP contribution in [-0.2, 0) is 10.0 Å². The molecule has 3 N–H and O–H groups in total. The number of hydrogen-bond acceptors (Lipinski definition) is 3. The van der Waals surface area contributed by atoms with Crippen molar-refractivity contribution in [3.63, 3.8) is 0 Å². The summed E-state index contributed by atoms with van der Waals surface area (Å²) in [6.45, 7) is 5.75. The Balaban J connectivity index is 2.29. The summed E-state index contributed by atoms with van der Waals surface area (Å²) < 4.78 is 23.0. The number of primary sulfonamides is 1. The van der Waals surface area contributed by atoms with Gasteiger partial charge >= 0.3 is 0 Å². The molecule has 2 aromatic carbocycles. The van der Waals surface area contributed by atoms with Gasteiger partial charge in [0.2, 0.25) is 10.0 Å². The Morgan fingerprint density at radius 3 is 2.29 bits per heavy atom. The van der Waals surface area contributed by atoms with E-state index in [0.29, 0.717) is 11.1 Å². The SMILES string of the molecule is CCC(NC(=O)c1cc(S(N)(=O)=O)ccc1C)c1ccc(C)cc1. The van der Waals surface area contributed by atoms with Gasteiger partial charge < -0.3 is 5.32 Å². The van der Waals surface area contributed by atoms with Crippen molar-refractivity contribution in [1.29, 1.82) is 0 Å². The number of carbonyl (C=O) groups is 1. The zero-order chi connectivity index (χ0) is 17.9. The van der Waals surface area contributed by atoms with Gasteiger partial charge in [-0.3, -0.25) is 4.79 Å². The predicted molar refractivity (Wildman–Crippen MR) is 94.2 cm³/mol. The lowest BCUT2D eigenvalue weighted by Crippen LogP contribution is -2.29. The second kappa shape index (κ2) is 7.15. The molecule has 0 saturated heterocycles. The summed E-state index contributed by atoms with van der Waals surface area (Å²) in [4.78, 5) is 12.5. The van der Waals surface area contributed by atoms with Crippen LogP contribution in [0.25, 0.3) is 0 Å². The van der Waals surface area contributed by atoms with Crippen LogP contribution in [0.2, 0.25) is 0 Å². The number of amides is 1. The average Bonchev–Trinajstić information content (AvgIpc) is 2.52. The lowest BCUT2D eigenvalue weighted by molar-refractivity contribution is 0.0934. The van der Waals surface area contributed by atoms with Crippen molar-refractivity contribution in [2.75, 3.05) is 0 Å². The second-order valence-electron chi connectivity index (χ2n) is 5.87. The van der Waals surface area contributed by atoms with Crippen molar-refractivity contribution in [2.24, 2.45) is 5.14 Å². The van der Waals surface area contributed by atoms with Crippen LogP contribution < -0.4 is 10.5 Å². The first-order chi connectivity index (χ1) is 11.2. The highest BCUT2D eigenvalue weighted by atomic mass is 32.2. The fraction of sp³-hybridized carbons (Fsp3) is 0.278. The topological polar surface area (TPSA) is 89.3 Å². The summed E-state index contributed by atoms with van der Waals surface area (Å²) in [5.74, 6) is -0.314. The van der Waals surface area contributed by atoms with Crippen LogP contribution in [0.1, 0.15) is 46.4 Å². The zero-order valence-electron chi connectivity index (χ0n) is 14.0. The molecule has 0 saturated carbocycles. The quantitative estimate of drug-likeness (QED) is 0.872. The van der Waals surface area contributed by atoms with Crippen molar-refractivity contribution in [3.8, 4) is 0 Å². The number of sulfonamides is 1. The van der Waals surface area contributed by atoms with E-state index in [1.165, 1.54) is 12.1 Å². The molecule has 1 unspecified atom stereocenters. The van der Waals surface area contributed by atoms with E-state index in [1.807, 2.05) is 38.1 Å². The van der Waals surface area contributed by atoms with Crippen molar-refractivity contribution < 1.29 is 13.2 Å². The number of carbonyl (C=O) groups excluding carboxylic acids is 1. The molecule has 0 aliphatic carbocycles. The number of hydrogen-bond donors (Lipinski definition) is 2. The molecule has 1 amide bonds. The van der Waals surface area contributed by atoms with Gasteiger partial charge in [-0.1, -0.05) is 42.8 Å². The predicted octanol–water partition coefficient (Wildman–Crippen LogP) is 2.83. The van der Waals surface area contributed by atoms with Gasteiger partial charge in [-0.2, -0.15) is 0 Å². The van der Waals surface area contributed by atoms with Crippen molar-refractivity contribution in [3.05, 3.63) is 64.7 Å². The monoisotopic (exact) mass is 346 g/mol. The molecule has 0 aliphatic heterocycles. The molecule has 0 aromatic heterocycles. The summed E-state index contributed by atoms with van der Waals surface area (Å²) in [6.07, 6.45) is 0.725. The molecule has 1 atom stereocenters. The van der Waals surface area contributed by atoms with Gasteiger partial charge in [-0.15, -0.1) is 0 Å². The molecule has 5 nitrogen and oxygen atoms in total. The third kappa shape index (κ3) is 4.21. The molecular weight excluding hydrogens is 324 g/mol. The third-order valence-electron chi connectivity index (χ3n) is 3.98. The van der Waals surface area contributed by atoms with E-state index in [-0.39, 0.29) is 16.8 Å². The molecule has 0 bridgehead atoms. The molecule has 2 aromatic rings. The molecule has 0 heterocycles. The Morgan fingerprint density at radius 2 is 1.75 bits per heavy atom.